The van der Waals surface area contributed by atoms with E-state index in [2.05, 4.69) is 11.9 Å². The van der Waals surface area contributed by atoms with Crippen molar-refractivity contribution in [3.8, 4) is 0 Å². The van der Waals surface area contributed by atoms with Crippen molar-refractivity contribution in [1.82, 2.24) is 5.32 Å². The second-order valence-corrected chi connectivity index (χ2v) is 2.50. The van der Waals surface area contributed by atoms with Crippen LogP contribution in [0.2, 0.25) is 0 Å². The van der Waals surface area contributed by atoms with Gasteiger partial charge in [0.05, 0.1) is 12.4 Å². The van der Waals surface area contributed by atoms with E-state index < -0.39 is 0 Å². The van der Waals surface area contributed by atoms with E-state index in [0.717, 1.165) is 0 Å². The van der Waals surface area contributed by atoms with Crippen LogP contribution in [0.25, 0.3) is 0 Å². The standard InChI is InChI=1S/C7H14N2O/c1-5(2)7(10)4-9-6(3)8/h5,9H,3-4,8H2,1-2H3. The third-order valence-corrected chi connectivity index (χ3v) is 1.13. The molecule has 0 bridgehead atoms. The van der Waals surface area contributed by atoms with Crippen molar-refractivity contribution in [3.63, 3.8) is 0 Å². The smallest absolute Gasteiger partial charge is 0.154 e. The third-order valence-electron chi connectivity index (χ3n) is 1.13. The van der Waals surface area contributed by atoms with Gasteiger partial charge in [-0.05, 0) is 0 Å². The largest absolute Gasteiger partial charge is 0.386 e. The van der Waals surface area contributed by atoms with E-state index in [1.807, 2.05) is 13.8 Å². The van der Waals surface area contributed by atoms with Crippen LogP contribution in [-0.2, 0) is 4.79 Å². The van der Waals surface area contributed by atoms with Crippen molar-refractivity contribution in [1.29, 1.82) is 0 Å². The zero-order chi connectivity index (χ0) is 8.15. The molecule has 0 saturated heterocycles. The second-order valence-electron chi connectivity index (χ2n) is 2.50. The first kappa shape index (κ1) is 9.01. The molecule has 58 valence electrons. The minimum atomic E-state index is 0.0619. The molecule has 10 heavy (non-hydrogen) atoms. The maximum absolute atomic E-state index is 10.9. The van der Waals surface area contributed by atoms with Gasteiger partial charge in [-0.25, -0.2) is 0 Å². The zero-order valence-electron chi connectivity index (χ0n) is 6.48. The summed E-state index contributed by atoms with van der Waals surface area (Å²) >= 11 is 0. The second kappa shape index (κ2) is 3.93. The van der Waals surface area contributed by atoms with Crippen molar-refractivity contribution in [2.24, 2.45) is 11.7 Å². The van der Waals surface area contributed by atoms with Crippen LogP contribution in [0, 0.1) is 5.92 Å². The number of nitrogens with two attached hydrogens (primary N) is 1. The third kappa shape index (κ3) is 3.95. The SMILES string of the molecule is C=C(N)NCC(=O)C(C)C. The highest BCUT2D eigenvalue weighted by Crippen LogP contribution is 1.91. The topological polar surface area (TPSA) is 55.1 Å². The summed E-state index contributed by atoms with van der Waals surface area (Å²) in [6, 6.07) is 0. The quantitative estimate of drug-likeness (QED) is 0.591. The Labute approximate surface area is 61.3 Å². The molecule has 0 aromatic carbocycles. The van der Waals surface area contributed by atoms with Gasteiger partial charge in [0.15, 0.2) is 5.78 Å². The van der Waals surface area contributed by atoms with Gasteiger partial charge in [0, 0.05) is 5.92 Å². The van der Waals surface area contributed by atoms with Crippen LogP contribution in [0.1, 0.15) is 13.8 Å². The predicted octanol–water partition coefficient (Wildman–Crippen LogP) is 0.231. The summed E-state index contributed by atoms with van der Waals surface area (Å²) in [6.45, 7) is 7.39. The van der Waals surface area contributed by atoms with E-state index in [1.54, 1.807) is 0 Å². The molecule has 0 aliphatic heterocycles. The number of ketones is 1. The van der Waals surface area contributed by atoms with Gasteiger partial charge in [0.25, 0.3) is 0 Å². The lowest BCUT2D eigenvalue weighted by atomic mass is 10.1. The number of hydrogen-bond donors (Lipinski definition) is 2. The van der Waals surface area contributed by atoms with Crippen molar-refractivity contribution < 1.29 is 4.79 Å². The molecule has 0 aliphatic carbocycles. The summed E-state index contributed by atoms with van der Waals surface area (Å²) < 4.78 is 0. The van der Waals surface area contributed by atoms with Gasteiger partial charge in [0.1, 0.15) is 0 Å². The molecule has 0 atom stereocenters. The Kier molecular flexibility index (Phi) is 3.54. The average molecular weight is 142 g/mol. The molecular formula is C7H14N2O. The Morgan fingerprint density at radius 2 is 2.20 bits per heavy atom. The van der Waals surface area contributed by atoms with E-state index in [-0.39, 0.29) is 18.2 Å². The molecule has 3 N–H and O–H groups in total. The molecule has 0 radical (unpaired) electrons. The highest BCUT2D eigenvalue weighted by molar-refractivity contribution is 5.82. The Morgan fingerprint density at radius 3 is 2.50 bits per heavy atom. The fraction of sp³-hybridized carbons (Fsp3) is 0.571. The lowest BCUT2D eigenvalue weighted by Gasteiger charge is -2.05. The van der Waals surface area contributed by atoms with E-state index in [0.29, 0.717) is 5.82 Å². The molecule has 0 rings (SSSR count). The molecule has 3 nitrogen and oxygen atoms in total. The van der Waals surface area contributed by atoms with Gasteiger partial charge in [-0.3, -0.25) is 4.79 Å². The Morgan fingerprint density at radius 1 is 1.70 bits per heavy atom. The predicted molar refractivity (Wildman–Crippen MR) is 41.2 cm³/mol. The lowest BCUT2D eigenvalue weighted by molar-refractivity contribution is -0.120. The number of rotatable bonds is 4. The molecule has 0 amide bonds. The minimum Gasteiger partial charge on any atom is -0.386 e. The van der Waals surface area contributed by atoms with Gasteiger partial charge in [-0.15, -0.1) is 0 Å². The monoisotopic (exact) mass is 142 g/mol. The van der Waals surface area contributed by atoms with Crippen LogP contribution in [0.4, 0.5) is 0 Å². The minimum absolute atomic E-state index is 0.0619. The number of Topliss-reactive ketones (excluding diaryl/α,β-unsaturated/α-hetero) is 1. The molecule has 3 heteroatoms. The first-order valence-corrected chi connectivity index (χ1v) is 3.25. The molecule has 0 saturated carbocycles. The van der Waals surface area contributed by atoms with Crippen LogP contribution in [0.3, 0.4) is 0 Å². The highest BCUT2D eigenvalue weighted by Gasteiger charge is 2.04. The van der Waals surface area contributed by atoms with E-state index in [4.69, 9.17) is 5.73 Å². The van der Waals surface area contributed by atoms with Gasteiger partial charge < -0.3 is 11.1 Å². The number of nitrogens with one attached hydrogen (secondary N) is 1. The van der Waals surface area contributed by atoms with Crippen LogP contribution in [0.5, 0.6) is 0 Å². The van der Waals surface area contributed by atoms with Crippen molar-refractivity contribution in [3.05, 3.63) is 12.4 Å². The lowest BCUT2D eigenvalue weighted by Crippen LogP contribution is -2.28. The molecule has 0 fully saturated rings. The summed E-state index contributed by atoms with van der Waals surface area (Å²) in [5, 5.41) is 2.66. The first-order valence-electron chi connectivity index (χ1n) is 3.25. The average Bonchev–Trinajstić information content (AvgIpc) is 1.82. The van der Waals surface area contributed by atoms with Crippen molar-refractivity contribution >= 4 is 5.78 Å². The van der Waals surface area contributed by atoms with Crippen LogP contribution >= 0.6 is 0 Å². The maximum atomic E-state index is 10.9. The van der Waals surface area contributed by atoms with E-state index >= 15 is 0 Å². The van der Waals surface area contributed by atoms with Gasteiger partial charge in [-0.1, -0.05) is 20.4 Å². The summed E-state index contributed by atoms with van der Waals surface area (Å²) in [7, 11) is 0. The van der Waals surface area contributed by atoms with E-state index in [1.165, 1.54) is 0 Å². The highest BCUT2D eigenvalue weighted by atomic mass is 16.1. The Balaban J connectivity index is 3.50. The molecule has 0 unspecified atom stereocenters. The van der Waals surface area contributed by atoms with Crippen LogP contribution in [0.15, 0.2) is 12.4 Å². The zero-order valence-corrected chi connectivity index (χ0v) is 6.48. The van der Waals surface area contributed by atoms with E-state index in [9.17, 15) is 4.79 Å². The van der Waals surface area contributed by atoms with Crippen molar-refractivity contribution in [2.75, 3.05) is 6.54 Å². The van der Waals surface area contributed by atoms with Crippen molar-refractivity contribution in [2.45, 2.75) is 13.8 Å². The first-order chi connectivity index (χ1) is 4.54. The molecular weight excluding hydrogens is 128 g/mol. The molecule has 0 spiro atoms. The number of carbonyl (C=O) groups excluding carboxylic acids is 1. The number of carbonyl (C=O) groups is 1. The van der Waals surface area contributed by atoms with Crippen LogP contribution < -0.4 is 11.1 Å². The molecule has 0 aromatic heterocycles. The number of hydrogen-bond acceptors (Lipinski definition) is 3. The van der Waals surface area contributed by atoms with Gasteiger partial charge in [0.2, 0.25) is 0 Å². The molecule has 0 aliphatic rings. The van der Waals surface area contributed by atoms with Gasteiger partial charge in [-0.2, -0.15) is 0 Å². The Hall–Kier alpha value is -0.990. The fourth-order valence-corrected chi connectivity index (χ4v) is 0.405. The molecule has 0 heterocycles. The Bertz CT molecular complexity index is 141. The summed E-state index contributed by atoms with van der Waals surface area (Å²) in [5.41, 5.74) is 5.18. The fourth-order valence-electron chi connectivity index (χ4n) is 0.405. The molecule has 0 aromatic rings. The van der Waals surface area contributed by atoms with Crippen LogP contribution in [-0.4, -0.2) is 12.3 Å². The summed E-state index contributed by atoms with van der Waals surface area (Å²) in [6.07, 6.45) is 0. The normalized spacial score (nSPS) is 9.50. The summed E-state index contributed by atoms with van der Waals surface area (Å²) in [4.78, 5) is 10.9. The maximum Gasteiger partial charge on any atom is 0.154 e. The summed E-state index contributed by atoms with van der Waals surface area (Å²) in [5.74, 6) is 0.549. The van der Waals surface area contributed by atoms with Gasteiger partial charge >= 0.3 is 0 Å².